The fourth-order valence-electron chi connectivity index (χ4n) is 2.72. The van der Waals surface area contributed by atoms with E-state index in [1.54, 1.807) is 20.8 Å². The lowest BCUT2D eigenvalue weighted by Gasteiger charge is -2.25. The Bertz CT molecular complexity index is 594. The molecule has 2 atom stereocenters. The van der Waals surface area contributed by atoms with Gasteiger partial charge in [0, 0.05) is 10.4 Å². The van der Waals surface area contributed by atoms with Gasteiger partial charge in [-0.05, 0) is 56.9 Å². The first-order valence-electron chi connectivity index (χ1n) is 7.18. The molecule has 2 N–H and O–H groups in total. The zero-order valence-electron chi connectivity index (χ0n) is 12.9. The first-order chi connectivity index (χ1) is 10.2. The maximum Gasteiger partial charge on any atom is 0.408 e. The van der Waals surface area contributed by atoms with Gasteiger partial charge in [-0.3, -0.25) is 0 Å². The minimum absolute atomic E-state index is 0.252. The van der Waals surface area contributed by atoms with Gasteiger partial charge in [-0.1, -0.05) is 22.0 Å². The van der Waals surface area contributed by atoms with Crippen molar-refractivity contribution in [1.82, 2.24) is 5.32 Å². The largest absolute Gasteiger partial charge is 0.480 e. The third-order valence-electron chi connectivity index (χ3n) is 3.57. The van der Waals surface area contributed by atoms with Crippen LogP contribution < -0.4 is 5.32 Å². The molecule has 5 nitrogen and oxygen atoms in total. The summed E-state index contributed by atoms with van der Waals surface area (Å²) in [6.45, 7) is 5.22. The van der Waals surface area contributed by atoms with Gasteiger partial charge in [-0.15, -0.1) is 0 Å². The number of carboxylic acids is 1. The number of fused-ring (bicyclic) bond motifs is 1. The summed E-state index contributed by atoms with van der Waals surface area (Å²) in [6, 6.07) is 4.87. The Labute approximate surface area is 138 Å². The fraction of sp³-hybridized carbons (Fsp3) is 0.500. The summed E-state index contributed by atoms with van der Waals surface area (Å²) < 4.78 is 6.07. The maximum atomic E-state index is 11.9. The van der Waals surface area contributed by atoms with Crippen LogP contribution in [0.3, 0.4) is 0 Å². The molecule has 6 heteroatoms. The van der Waals surface area contributed by atoms with Gasteiger partial charge >= 0.3 is 12.1 Å². The number of carbonyl (C=O) groups excluding carboxylic acids is 1. The molecule has 2 rings (SSSR count). The van der Waals surface area contributed by atoms with E-state index in [9.17, 15) is 14.7 Å². The SMILES string of the molecule is CC(C)(C)OC(=O)N[C@H](C(=O)O)[C@@H]1CCc2ccc(Br)cc21. The summed E-state index contributed by atoms with van der Waals surface area (Å²) >= 11 is 3.41. The van der Waals surface area contributed by atoms with Crippen molar-refractivity contribution in [2.75, 3.05) is 0 Å². The number of halogens is 1. The van der Waals surface area contributed by atoms with Crippen molar-refractivity contribution in [3.05, 3.63) is 33.8 Å². The summed E-state index contributed by atoms with van der Waals surface area (Å²) in [5.41, 5.74) is 1.44. The number of amides is 1. The Morgan fingerprint density at radius 2 is 2.09 bits per heavy atom. The van der Waals surface area contributed by atoms with Crippen LogP contribution in [0.5, 0.6) is 0 Å². The Morgan fingerprint density at radius 3 is 2.68 bits per heavy atom. The number of carbonyl (C=O) groups is 2. The molecular formula is C16H20BrNO4. The van der Waals surface area contributed by atoms with Crippen LogP contribution in [0.15, 0.2) is 22.7 Å². The molecule has 1 amide bonds. The van der Waals surface area contributed by atoms with Crippen molar-refractivity contribution in [2.24, 2.45) is 0 Å². The molecule has 0 heterocycles. The highest BCUT2D eigenvalue weighted by molar-refractivity contribution is 9.10. The van der Waals surface area contributed by atoms with Gasteiger partial charge in [0.1, 0.15) is 11.6 Å². The van der Waals surface area contributed by atoms with Gasteiger partial charge in [0.15, 0.2) is 0 Å². The van der Waals surface area contributed by atoms with E-state index < -0.39 is 23.7 Å². The molecule has 22 heavy (non-hydrogen) atoms. The molecule has 0 saturated heterocycles. The van der Waals surface area contributed by atoms with Crippen LogP contribution in [0.2, 0.25) is 0 Å². The molecular weight excluding hydrogens is 350 g/mol. The second-order valence-electron chi connectivity index (χ2n) is 6.45. The predicted molar refractivity (Wildman–Crippen MR) is 86.0 cm³/mol. The van der Waals surface area contributed by atoms with Crippen LogP contribution in [-0.2, 0) is 16.0 Å². The highest BCUT2D eigenvalue weighted by atomic mass is 79.9. The predicted octanol–water partition coefficient (Wildman–Crippen LogP) is 3.46. The third kappa shape index (κ3) is 4.00. The number of ether oxygens (including phenoxy) is 1. The van der Waals surface area contributed by atoms with Crippen molar-refractivity contribution in [1.29, 1.82) is 0 Å². The Balaban J connectivity index is 2.19. The Morgan fingerprint density at radius 1 is 1.41 bits per heavy atom. The summed E-state index contributed by atoms with van der Waals surface area (Å²) in [7, 11) is 0. The zero-order valence-corrected chi connectivity index (χ0v) is 14.4. The number of aryl methyl sites for hydroxylation is 1. The Hall–Kier alpha value is -1.56. The maximum absolute atomic E-state index is 11.9. The van der Waals surface area contributed by atoms with Crippen LogP contribution in [0.1, 0.15) is 44.2 Å². The van der Waals surface area contributed by atoms with E-state index >= 15 is 0 Å². The highest BCUT2D eigenvalue weighted by Crippen LogP contribution is 2.37. The minimum Gasteiger partial charge on any atom is -0.480 e. The lowest BCUT2D eigenvalue weighted by molar-refractivity contribution is -0.140. The van der Waals surface area contributed by atoms with E-state index in [4.69, 9.17) is 4.74 Å². The summed E-state index contributed by atoms with van der Waals surface area (Å²) in [5.74, 6) is -1.30. The van der Waals surface area contributed by atoms with Crippen molar-refractivity contribution in [3.8, 4) is 0 Å². The number of nitrogens with one attached hydrogen (secondary N) is 1. The number of hydrogen-bond acceptors (Lipinski definition) is 3. The van der Waals surface area contributed by atoms with Crippen molar-refractivity contribution in [2.45, 2.75) is 51.2 Å². The average Bonchev–Trinajstić information content (AvgIpc) is 2.76. The van der Waals surface area contributed by atoms with Gasteiger partial charge in [0.25, 0.3) is 0 Å². The smallest absolute Gasteiger partial charge is 0.408 e. The van der Waals surface area contributed by atoms with E-state index in [0.29, 0.717) is 6.42 Å². The van der Waals surface area contributed by atoms with Gasteiger partial charge in [0.2, 0.25) is 0 Å². The van der Waals surface area contributed by atoms with Crippen LogP contribution in [-0.4, -0.2) is 28.8 Å². The fourth-order valence-corrected chi connectivity index (χ4v) is 3.10. The highest BCUT2D eigenvalue weighted by Gasteiger charge is 2.36. The molecule has 120 valence electrons. The van der Waals surface area contributed by atoms with Gasteiger partial charge in [-0.25, -0.2) is 9.59 Å². The third-order valence-corrected chi connectivity index (χ3v) is 4.07. The quantitative estimate of drug-likeness (QED) is 0.855. The molecule has 1 aromatic rings. The number of aliphatic carboxylic acids is 1. The monoisotopic (exact) mass is 369 g/mol. The molecule has 0 aromatic heterocycles. The number of carboxylic acid groups (broad SMARTS) is 1. The lowest BCUT2D eigenvalue weighted by atomic mass is 9.93. The molecule has 0 spiro atoms. The molecule has 0 radical (unpaired) electrons. The second-order valence-corrected chi connectivity index (χ2v) is 7.37. The van der Waals surface area contributed by atoms with Crippen molar-refractivity contribution < 1.29 is 19.4 Å². The topological polar surface area (TPSA) is 75.6 Å². The summed E-state index contributed by atoms with van der Waals surface area (Å²) in [6.07, 6.45) is 0.800. The number of benzene rings is 1. The normalized spacial score (nSPS) is 18.5. The van der Waals surface area contributed by atoms with Crippen LogP contribution in [0.25, 0.3) is 0 Å². The number of rotatable bonds is 3. The molecule has 0 unspecified atom stereocenters. The number of alkyl carbamates (subject to hydrolysis) is 1. The molecule has 0 aliphatic heterocycles. The molecule has 0 bridgehead atoms. The molecule has 1 aliphatic rings. The van der Waals surface area contributed by atoms with Gasteiger partial charge in [0.05, 0.1) is 0 Å². The molecule has 0 fully saturated rings. The minimum atomic E-state index is -1.05. The standard InChI is InChI=1S/C16H20BrNO4/c1-16(2,3)22-15(21)18-13(14(19)20)11-7-5-9-4-6-10(17)8-12(9)11/h4,6,8,11,13H,5,7H2,1-3H3,(H,18,21)(H,19,20)/t11-,13+/m1/s1. The number of hydrogen-bond donors (Lipinski definition) is 2. The van der Waals surface area contributed by atoms with E-state index in [1.807, 2.05) is 18.2 Å². The van der Waals surface area contributed by atoms with E-state index in [-0.39, 0.29) is 5.92 Å². The second kappa shape index (κ2) is 6.28. The molecule has 0 saturated carbocycles. The molecule has 1 aliphatic carbocycles. The van der Waals surface area contributed by atoms with Crippen molar-refractivity contribution in [3.63, 3.8) is 0 Å². The first-order valence-corrected chi connectivity index (χ1v) is 7.97. The van der Waals surface area contributed by atoms with Crippen LogP contribution >= 0.6 is 15.9 Å². The van der Waals surface area contributed by atoms with Crippen LogP contribution in [0, 0.1) is 0 Å². The lowest BCUT2D eigenvalue weighted by Crippen LogP contribution is -2.46. The zero-order chi connectivity index (χ0) is 16.5. The van der Waals surface area contributed by atoms with Crippen molar-refractivity contribution >= 4 is 28.0 Å². The van der Waals surface area contributed by atoms with E-state index in [2.05, 4.69) is 21.2 Å². The Kier molecular flexibility index (Phi) is 4.80. The average molecular weight is 370 g/mol. The molecule has 1 aromatic carbocycles. The first kappa shape index (κ1) is 16.8. The van der Waals surface area contributed by atoms with Gasteiger partial charge in [-0.2, -0.15) is 0 Å². The van der Waals surface area contributed by atoms with E-state index in [0.717, 1.165) is 22.0 Å². The van der Waals surface area contributed by atoms with Gasteiger partial charge < -0.3 is 15.2 Å². The van der Waals surface area contributed by atoms with E-state index in [1.165, 1.54) is 0 Å². The summed E-state index contributed by atoms with van der Waals surface area (Å²) in [4.78, 5) is 23.5. The van der Waals surface area contributed by atoms with Crippen LogP contribution in [0.4, 0.5) is 4.79 Å². The summed E-state index contributed by atoms with van der Waals surface area (Å²) in [5, 5.41) is 12.0.